The second-order valence-corrected chi connectivity index (χ2v) is 5.35. The predicted octanol–water partition coefficient (Wildman–Crippen LogP) is 3.85. The summed E-state index contributed by atoms with van der Waals surface area (Å²) in [5.41, 5.74) is 0.549. The second kappa shape index (κ2) is 8.39. The first-order valence-electron chi connectivity index (χ1n) is 7.53. The summed E-state index contributed by atoms with van der Waals surface area (Å²) in [6.07, 6.45) is 4.34. The van der Waals surface area contributed by atoms with Crippen molar-refractivity contribution in [3.63, 3.8) is 0 Å². The van der Waals surface area contributed by atoms with E-state index in [2.05, 4.69) is 19.2 Å². The minimum atomic E-state index is -0.487. The number of para-hydroxylation sites is 1. The smallest absolute Gasteiger partial charge is 0.285 e. The second-order valence-electron chi connectivity index (χ2n) is 5.35. The van der Waals surface area contributed by atoms with E-state index in [0.29, 0.717) is 18.0 Å². The summed E-state index contributed by atoms with van der Waals surface area (Å²) in [4.78, 5) is 22.8. The third-order valence-electron chi connectivity index (χ3n) is 3.76. The molecule has 5 heteroatoms. The van der Waals surface area contributed by atoms with Gasteiger partial charge in [-0.15, -0.1) is 0 Å². The molecule has 0 unspecified atom stereocenters. The summed E-state index contributed by atoms with van der Waals surface area (Å²) in [5.74, 6) is 0.0677. The molecule has 0 radical (unpaired) electrons. The van der Waals surface area contributed by atoms with Gasteiger partial charge in [0.15, 0.2) is 0 Å². The van der Waals surface area contributed by atoms with Crippen molar-refractivity contribution in [1.29, 1.82) is 0 Å². The summed E-state index contributed by atoms with van der Waals surface area (Å²) >= 11 is 0. The topological polar surface area (TPSA) is 72.2 Å². The van der Waals surface area contributed by atoms with Crippen molar-refractivity contribution in [3.8, 4) is 0 Å². The van der Waals surface area contributed by atoms with E-state index in [1.165, 1.54) is 6.07 Å². The Morgan fingerprint density at radius 1 is 1.38 bits per heavy atom. The molecule has 1 atom stereocenters. The van der Waals surface area contributed by atoms with E-state index in [4.69, 9.17) is 0 Å². The maximum atomic E-state index is 12.2. The number of carbonyl (C=O) groups is 1. The Balaban J connectivity index is 2.76. The van der Waals surface area contributed by atoms with Gasteiger partial charge in [0.2, 0.25) is 0 Å². The average molecular weight is 292 g/mol. The van der Waals surface area contributed by atoms with E-state index in [1.54, 1.807) is 19.1 Å². The van der Waals surface area contributed by atoms with Crippen LogP contribution in [0.25, 0.3) is 0 Å². The number of nitro benzene ring substituents is 1. The van der Waals surface area contributed by atoms with Crippen LogP contribution in [0.2, 0.25) is 0 Å². The van der Waals surface area contributed by atoms with E-state index < -0.39 is 4.92 Å². The van der Waals surface area contributed by atoms with E-state index in [0.717, 1.165) is 25.7 Å². The molecule has 0 fully saturated rings. The molecule has 1 N–H and O–H groups in total. The molecule has 1 amide bonds. The largest absolute Gasteiger partial charge is 0.352 e. The van der Waals surface area contributed by atoms with Gasteiger partial charge in [-0.2, -0.15) is 0 Å². The fourth-order valence-corrected chi connectivity index (χ4v) is 2.36. The van der Waals surface area contributed by atoms with Gasteiger partial charge < -0.3 is 5.32 Å². The molecule has 1 aromatic rings. The lowest BCUT2D eigenvalue weighted by atomic mass is 9.99. The molecule has 0 saturated heterocycles. The molecular weight excluding hydrogens is 268 g/mol. The Morgan fingerprint density at radius 2 is 2.10 bits per heavy atom. The molecule has 0 aliphatic carbocycles. The van der Waals surface area contributed by atoms with Gasteiger partial charge in [-0.3, -0.25) is 14.9 Å². The molecule has 5 nitrogen and oxygen atoms in total. The van der Waals surface area contributed by atoms with Crippen molar-refractivity contribution in [3.05, 3.63) is 39.4 Å². The van der Waals surface area contributed by atoms with Gasteiger partial charge in [-0.05, 0) is 25.3 Å². The number of aryl methyl sites for hydroxylation is 1. The molecule has 0 aliphatic rings. The predicted molar refractivity (Wildman–Crippen MR) is 83.5 cm³/mol. The number of hydrogen-bond acceptors (Lipinski definition) is 3. The van der Waals surface area contributed by atoms with Crippen LogP contribution >= 0.6 is 0 Å². The normalized spacial score (nSPS) is 12.0. The highest BCUT2D eigenvalue weighted by Gasteiger charge is 2.22. The minimum absolute atomic E-state index is 0.100. The fourth-order valence-electron chi connectivity index (χ4n) is 2.36. The van der Waals surface area contributed by atoms with Gasteiger partial charge in [-0.1, -0.05) is 45.2 Å². The van der Waals surface area contributed by atoms with Crippen LogP contribution in [0, 0.1) is 23.0 Å². The number of rotatable bonds is 8. The van der Waals surface area contributed by atoms with Crippen molar-refractivity contribution in [2.45, 2.75) is 46.5 Å². The lowest BCUT2D eigenvalue weighted by Gasteiger charge is -2.15. The third-order valence-corrected chi connectivity index (χ3v) is 3.76. The maximum Gasteiger partial charge on any atom is 0.285 e. The first-order chi connectivity index (χ1) is 10.0. The summed E-state index contributed by atoms with van der Waals surface area (Å²) in [6, 6.07) is 4.82. The summed E-state index contributed by atoms with van der Waals surface area (Å²) in [7, 11) is 0. The molecule has 0 spiro atoms. The van der Waals surface area contributed by atoms with Crippen LogP contribution in [0.3, 0.4) is 0 Å². The quantitative estimate of drug-likeness (QED) is 0.584. The van der Waals surface area contributed by atoms with Crippen molar-refractivity contribution in [2.24, 2.45) is 5.92 Å². The molecular formula is C16H24N2O3. The minimum Gasteiger partial charge on any atom is -0.352 e. The number of carbonyl (C=O) groups excluding carboxylic acids is 1. The number of nitrogens with one attached hydrogen (secondary N) is 1. The van der Waals surface area contributed by atoms with Crippen LogP contribution in [0.1, 0.15) is 55.5 Å². The number of unbranched alkanes of at least 4 members (excludes halogenated alkanes) is 1. The number of amides is 1. The average Bonchev–Trinajstić information content (AvgIpc) is 2.46. The molecule has 0 aromatic heterocycles. The van der Waals surface area contributed by atoms with E-state index in [-0.39, 0.29) is 17.2 Å². The standard InChI is InChI=1S/C16H24N2O3/c1-4-6-9-13(5-2)11-17-16(19)14-10-7-8-12(3)15(14)18(20)21/h7-8,10,13H,4-6,9,11H2,1-3H3,(H,17,19)/t13-/m1/s1. The van der Waals surface area contributed by atoms with Crippen molar-refractivity contribution in [1.82, 2.24) is 5.32 Å². The molecule has 0 saturated carbocycles. The number of nitrogens with zero attached hydrogens (tertiary/aromatic N) is 1. The Morgan fingerprint density at radius 3 is 2.67 bits per heavy atom. The molecule has 21 heavy (non-hydrogen) atoms. The van der Waals surface area contributed by atoms with Crippen molar-refractivity contribution >= 4 is 11.6 Å². The van der Waals surface area contributed by atoms with Gasteiger partial charge in [0.1, 0.15) is 5.56 Å². The highest BCUT2D eigenvalue weighted by molar-refractivity contribution is 5.98. The molecule has 0 aliphatic heterocycles. The molecule has 1 aromatic carbocycles. The SMILES string of the molecule is CCCC[C@@H](CC)CNC(=O)c1cccc(C)c1[N+](=O)[O-]. The Labute approximate surface area is 125 Å². The van der Waals surface area contributed by atoms with Crippen molar-refractivity contribution in [2.75, 3.05) is 6.54 Å². The van der Waals surface area contributed by atoms with Crippen LogP contribution in [0.15, 0.2) is 18.2 Å². The summed E-state index contributed by atoms with van der Waals surface area (Å²) in [5, 5.41) is 13.9. The highest BCUT2D eigenvalue weighted by atomic mass is 16.6. The molecule has 1 rings (SSSR count). The summed E-state index contributed by atoms with van der Waals surface area (Å²) < 4.78 is 0. The molecule has 0 bridgehead atoms. The van der Waals surface area contributed by atoms with Gasteiger partial charge >= 0.3 is 0 Å². The Bertz CT molecular complexity index is 500. The zero-order valence-electron chi connectivity index (χ0n) is 13.0. The lowest BCUT2D eigenvalue weighted by Crippen LogP contribution is -2.29. The first-order valence-corrected chi connectivity index (χ1v) is 7.53. The zero-order valence-corrected chi connectivity index (χ0v) is 13.0. The van der Waals surface area contributed by atoms with Gasteiger partial charge in [0, 0.05) is 12.1 Å². The Hall–Kier alpha value is -1.91. The summed E-state index contributed by atoms with van der Waals surface area (Å²) in [6.45, 7) is 6.45. The Kier molecular flexibility index (Phi) is 6.85. The van der Waals surface area contributed by atoms with E-state index in [1.807, 2.05) is 0 Å². The van der Waals surface area contributed by atoms with Gasteiger partial charge in [0.25, 0.3) is 11.6 Å². The van der Waals surface area contributed by atoms with E-state index >= 15 is 0 Å². The van der Waals surface area contributed by atoms with Gasteiger partial charge in [-0.25, -0.2) is 0 Å². The molecule has 0 heterocycles. The number of hydrogen-bond donors (Lipinski definition) is 1. The van der Waals surface area contributed by atoms with Crippen molar-refractivity contribution < 1.29 is 9.72 Å². The van der Waals surface area contributed by atoms with Gasteiger partial charge in [0.05, 0.1) is 4.92 Å². The zero-order chi connectivity index (χ0) is 15.8. The van der Waals surface area contributed by atoms with Crippen LogP contribution in [0.4, 0.5) is 5.69 Å². The highest BCUT2D eigenvalue weighted by Crippen LogP contribution is 2.23. The van der Waals surface area contributed by atoms with Crippen LogP contribution in [-0.4, -0.2) is 17.4 Å². The number of benzene rings is 1. The monoisotopic (exact) mass is 292 g/mol. The third kappa shape index (κ3) is 4.85. The fraction of sp³-hybridized carbons (Fsp3) is 0.562. The maximum absolute atomic E-state index is 12.2. The van der Waals surface area contributed by atoms with Crippen LogP contribution in [-0.2, 0) is 0 Å². The van der Waals surface area contributed by atoms with Crippen LogP contribution in [0.5, 0.6) is 0 Å². The lowest BCUT2D eigenvalue weighted by molar-refractivity contribution is -0.385. The number of nitro groups is 1. The van der Waals surface area contributed by atoms with E-state index in [9.17, 15) is 14.9 Å². The molecule has 116 valence electrons. The van der Waals surface area contributed by atoms with Crippen LogP contribution < -0.4 is 5.32 Å². The first kappa shape index (κ1) is 17.1.